The average molecular weight is 153 g/mol. The first kappa shape index (κ1) is 8.79. The van der Waals surface area contributed by atoms with E-state index in [4.69, 9.17) is 0 Å². The second-order valence-corrected chi connectivity index (χ2v) is 3.94. The van der Waals surface area contributed by atoms with Crippen LogP contribution in [0, 0.1) is 11.8 Å². The van der Waals surface area contributed by atoms with Gasteiger partial charge in [-0.15, -0.1) is 0 Å². The molecule has 1 heterocycles. The van der Waals surface area contributed by atoms with E-state index >= 15 is 0 Å². The maximum absolute atomic E-state index is 2.40. The minimum atomic E-state index is 0.709. The maximum atomic E-state index is 2.40. The lowest BCUT2D eigenvalue weighted by Gasteiger charge is -2.05. The molecule has 0 aromatic carbocycles. The summed E-state index contributed by atoms with van der Waals surface area (Å²) in [7, 11) is 2.20. The van der Waals surface area contributed by atoms with Gasteiger partial charge < -0.3 is 4.90 Å². The topological polar surface area (TPSA) is 3.24 Å². The van der Waals surface area contributed by atoms with E-state index in [9.17, 15) is 0 Å². The van der Waals surface area contributed by atoms with Crippen molar-refractivity contribution >= 4 is 0 Å². The summed E-state index contributed by atoms with van der Waals surface area (Å²) in [6.45, 7) is 6.99. The highest BCUT2D eigenvalue weighted by Crippen LogP contribution is 2.16. The molecule has 1 nitrogen and oxygen atoms in total. The van der Waals surface area contributed by atoms with Crippen LogP contribution < -0.4 is 0 Å². The first-order chi connectivity index (χ1) is 5.18. The second-order valence-electron chi connectivity index (χ2n) is 3.94. The third kappa shape index (κ3) is 3.06. The molecule has 1 saturated heterocycles. The Bertz CT molecular complexity index is 138. The van der Waals surface area contributed by atoms with Gasteiger partial charge in [-0.3, -0.25) is 0 Å². The summed E-state index contributed by atoms with van der Waals surface area (Å²) in [6, 6.07) is 0. The van der Waals surface area contributed by atoms with Gasteiger partial charge in [-0.25, -0.2) is 0 Å². The molecule has 11 heavy (non-hydrogen) atoms. The number of hydrogen-bond donors (Lipinski definition) is 0. The van der Waals surface area contributed by atoms with Crippen LogP contribution in [0.25, 0.3) is 0 Å². The maximum Gasteiger partial charge on any atom is 0.00418 e. The van der Waals surface area contributed by atoms with Gasteiger partial charge in [-0.1, -0.05) is 26.0 Å². The van der Waals surface area contributed by atoms with E-state index in [0.717, 1.165) is 5.92 Å². The summed E-state index contributed by atoms with van der Waals surface area (Å²) < 4.78 is 0. The monoisotopic (exact) mass is 153 g/mol. The van der Waals surface area contributed by atoms with Crippen LogP contribution >= 0.6 is 0 Å². The van der Waals surface area contributed by atoms with E-state index < -0.39 is 0 Å². The molecule has 0 aromatic rings. The molecule has 0 spiro atoms. The molecule has 1 heteroatoms. The third-order valence-electron chi connectivity index (χ3n) is 2.20. The molecule has 1 aliphatic heterocycles. The highest BCUT2D eigenvalue weighted by molar-refractivity contribution is 4.94. The summed E-state index contributed by atoms with van der Waals surface area (Å²) >= 11 is 0. The minimum Gasteiger partial charge on any atom is -0.306 e. The van der Waals surface area contributed by atoms with Gasteiger partial charge in [0.1, 0.15) is 0 Å². The summed E-state index contributed by atoms with van der Waals surface area (Å²) in [5, 5.41) is 0. The lowest BCUT2D eigenvalue weighted by molar-refractivity contribution is 0.408. The molecule has 1 unspecified atom stereocenters. The van der Waals surface area contributed by atoms with Gasteiger partial charge >= 0.3 is 0 Å². The second kappa shape index (κ2) is 3.91. The molecule has 0 bridgehead atoms. The number of allylic oxidation sites excluding steroid dienone is 1. The van der Waals surface area contributed by atoms with Crippen LogP contribution in [-0.2, 0) is 0 Å². The molecule has 64 valence electrons. The van der Waals surface area contributed by atoms with E-state index in [2.05, 4.69) is 37.9 Å². The molecule has 0 radical (unpaired) electrons. The Morgan fingerprint density at radius 3 is 2.64 bits per heavy atom. The molecule has 0 N–H and O–H groups in total. The molecular weight excluding hydrogens is 134 g/mol. The Balaban J connectivity index is 2.28. The van der Waals surface area contributed by atoms with Crippen molar-refractivity contribution in [1.29, 1.82) is 0 Å². The lowest BCUT2D eigenvalue weighted by Crippen LogP contribution is -2.13. The first-order valence-corrected chi connectivity index (χ1v) is 4.55. The standard InChI is InChI=1S/C10H19N/c1-9(2)4-5-10-6-7-11(3)8-10/h4-5,9-10H,6-8H2,1-3H3/b5-4+. The number of rotatable bonds is 2. The van der Waals surface area contributed by atoms with Crippen molar-refractivity contribution in [1.82, 2.24) is 4.90 Å². The smallest absolute Gasteiger partial charge is 0.00418 e. The van der Waals surface area contributed by atoms with E-state index in [-0.39, 0.29) is 0 Å². The molecule has 1 rings (SSSR count). The van der Waals surface area contributed by atoms with Gasteiger partial charge in [0, 0.05) is 6.54 Å². The predicted molar refractivity (Wildman–Crippen MR) is 49.6 cm³/mol. The third-order valence-corrected chi connectivity index (χ3v) is 2.20. The van der Waals surface area contributed by atoms with Gasteiger partial charge in [-0.2, -0.15) is 0 Å². The van der Waals surface area contributed by atoms with Crippen LogP contribution in [0.3, 0.4) is 0 Å². The van der Waals surface area contributed by atoms with E-state index in [1.165, 1.54) is 19.5 Å². The Labute approximate surface area is 70.1 Å². The predicted octanol–water partition coefficient (Wildman–Crippen LogP) is 2.15. The van der Waals surface area contributed by atoms with Gasteiger partial charge in [0.15, 0.2) is 0 Å². The van der Waals surface area contributed by atoms with Crippen molar-refractivity contribution in [3.8, 4) is 0 Å². The zero-order valence-electron chi connectivity index (χ0n) is 7.88. The summed E-state index contributed by atoms with van der Waals surface area (Å²) in [4.78, 5) is 2.40. The van der Waals surface area contributed by atoms with Crippen LogP contribution in [0.15, 0.2) is 12.2 Å². The fourth-order valence-corrected chi connectivity index (χ4v) is 1.51. The van der Waals surface area contributed by atoms with Crippen molar-refractivity contribution < 1.29 is 0 Å². The van der Waals surface area contributed by atoms with Crippen LogP contribution in [0.5, 0.6) is 0 Å². The van der Waals surface area contributed by atoms with Crippen molar-refractivity contribution in [2.45, 2.75) is 20.3 Å². The number of hydrogen-bond acceptors (Lipinski definition) is 1. The SMILES string of the molecule is CC(C)/C=C/C1CCN(C)C1. The van der Waals surface area contributed by atoms with Crippen molar-refractivity contribution in [3.05, 3.63) is 12.2 Å². The summed E-state index contributed by atoms with van der Waals surface area (Å²) in [5.74, 6) is 1.53. The fourth-order valence-electron chi connectivity index (χ4n) is 1.51. The van der Waals surface area contributed by atoms with Crippen LogP contribution in [0.2, 0.25) is 0 Å². The van der Waals surface area contributed by atoms with Crippen molar-refractivity contribution in [3.63, 3.8) is 0 Å². The van der Waals surface area contributed by atoms with Crippen LogP contribution in [0.1, 0.15) is 20.3 Å². The van der Waals surface area contributed by atoms with E-state index in [1.807, 2.05) is 0 Å². The Kier molecular flexibility index (Phi) is 3.13. The Hall–Kier alpha value is -0.300. The molecule has 1 atom stereocenters. The molecule has 1 fully saturated rings. The van der Waals surface area contributed by atoms with Gasteiger partial charge in [0.2, 0.25) is 0 Å². The zero-order valence-corrected chi connectivity index (χ0v) is 7.88. The minimum absolute atomic E-state index is 0.709. The lowest BCUT2D eigenvalue weighted by atomic mass is 10.1. The highest BCUT2D eigenvalue weighted by Gasteiger charge is 2.15. The molecule has 1 aliphatic rings. The quantitative estimate of drug-likeness (QED) is 0.549. The zero-order chi connectivity index (χ0) is 8.27. The molecule has 0 aromatic heterocycles. The molecule has 0 saturated carbocycles. The van der Waals surface area contributed by atoms with Crippen molar-refractivity contribution in [2.75, 3.05) is 20.1 Å². The molecule has 0 amide bonds. The largest absolute Gasteiger partial charge is 0.306 e. The van der Waals surface area contributed by atoms with Gasteiger partial charge in [0.25, 0.3) is 0 Å². The van der Waals surface area contributed by atoms with Gasteiger partial charge in [0.05, 0.1) is 0 Å². The summed E-state index contributed by atoms with van der Waals surface area (Å²) in [6.07, 6.45) is 6.05. The van der Waals surface area contributed by atoms with Crippen molar-refractivity contribution in [2.24, 2.45) is 11.8 Å². The van der Waals surface area contributed by atoms with Crippen LogP contribution in [-0.4, -0.2) is 25.0 Å². The first-order valence-electron chi connectivity index (χ1n) is 4.55. The normalized spacial score (nSPS) is 27.5. The van der Waals surface area contributed by atoms with E-state index in [0.29, 0.717) is 5.92 Å². The fraction of sp³-hybridized carbons (Fsp3) is 0.800. The molecular formula is C10H19N. The molecule has 0 aliphatic carbocycles. The van der Waals surface area contributed by atoms with Crippen LogP contribution in [0.4, 0.5) is 0 Å². The Morgan fingerprint density at radius 1 is 1.45 bits per heavy atom. The van der Waals surface area contributed by atoms with Gasteiger partial charge in [-0.05, 0) is 31.8 Å². The number of nitrogens with zero attached hydrogens (tertiary/aromatic N) is 1. The number of likely N-dealkylation sites (tertiary alicyclic amines) is 1. The van der Waals surface area contributed by atoms with E-state index in [1.54, 1.807) is 0 Å². The summed E-state index contributed by atoms with van der Waals surface area (Å²) in [5.41, 5.74) is 0. The Morgan fingerprint density at radius 2 is 2.18 bits per heavy atom. The highest BCUT2D eigenvalue weighted by atomic mass is 15.1. The average Bonchev–Trinajstić information content (AvgIpc) is 2.31.